The number of phenols is 2. The molecule has 7 heteroatoms. The number of hydrogen-bond donors (Lipinski definition) is 2. The van der Waals surface area contributed by atoms with Crippen molar-refractivity contribution in [1.82, 2.24) is 9.80 Å². The molecule has 2 aliphatic carbocycles. The van der Waals surface area contributed by atoms with Crippen molar-refractivity contribution in [2.75, 3.05) is 27.2 Å². The standard InChI is InChI=1S/2C19H20ClNO.C2H4O/c2*1-21-9-8-13-10-16(20)18(22)11-15(13)19-14-5-3-2-4-12(14)6-7-17(19)21;1-2-3/h2*2-5,10-11,17,19,22H,6-9H2,1H3;2H,1H3/t2*17-,19+;/m00./s1. The van der Waals surface area contributed by atoms with Crippen LogP contribution in [0.3, 0.4) is 0 Å². The molecule has 2 heterocycles. The van der Waals surface area contributed by atoms with Crippen LogP contribution in [0.25, 0.3) is 0 Å². The Labute approximate surface area is 288 Å². The molecule has 4 aliphatic rings. The van der Waals surface area contributed by atoms with Crippen LogP contribution in [0.15, 0.2) is 72.8 Å². The Balaban J connectivity index is 0.000000152. The molecule has 0 radical (unpaired) electrons. The summed E-state index contributed by atoms with van der Waals surface area (Å²) >= 11 is 12.3. The maximum absolute atomic E-state index is 10.1. The minimum absolute atomic E-state index is 0.201. The van der Waals surface area contributed by atoms with E-state index in [0.29, 0.717) is 34.0 Å². The highest BCUT2D eigenvalue weighted by Gasteiger charge is 2.38. The molecule has 0 aromatic heterocycles. The van der Waals surface area contributed by atoms with Crippen LogP contribution in [0.1, 0.15) is 76.1 Å². The van der Waals surface area contributed by atoms with Crippen molar-refractivity contribution < 1.29 is 15.0 Å². The summed E-state index contributed by atoms with van der Waals surface area (Å²) in [5.74, 6) is 1.06. The Morgan fingerprint density at radius 3 is 1.40 bits per heavy atom. The highest BCUT2D eigenvalue weighted by molar-refractivity contribution is 6.32. The van der Waals surface area contributed by atoms with Crippen molar-refractivity contribution in [3.8, 4) is 11.5 Å². The summed E-state index contributed by atoms with van der Waals surface area (Å²) in [6.07, 6.45) is 7.33. The summed E-state index contributed by atoms with van der Waals surface area (Å²) in [5, 5.41) is 21.2. The van der Waals surface area contributed by atoms with Crippen molar-refractivity contribution in [3.63, 3.8) is 0 Å². The Morgan fingerprint density at radius 1 is 0.617 bits per heavy atom. The minimum Gasteiger partial charge on any atom is -0.506 e. The molecule has 4 aromatic rings. The molecule has 0 bridgehead atoms. The van der Waals surface area contributed by atoms with Crippen LogP contribution in [0, 0.1) is 0 Å². The number of aryl methyl sites for hydroxylation is 2. The zero-order chi connectivity index (χ0) is 33.2. The molecule has 0 fully saturated rings. The molecule has 4 atom stereocenters. The van der Waals surface area contributed by atoms with E-state index in [2.05, 4.69) is 72.4 Å². The highest BCUT2D eigenvalue weighted by atomic mass is 35.5. The average Bonchev–Trinajstić information content (AvgIpc) is 3.30. The zero-order valence-electron chi connectivity index (χ0n) is 27.4. The molecule has 0 saturated heterocycles. The van der Waals surface area contributed by atoms with E-state index in [0.717, 1.165) is 45.1 Å². The average molecular weight is 672 g/mol. The predicted octanol–water partition coefficient (Wildman–Crippen LogP) is 8.17. The number of aromatic hydroxyl groups is 2. The molecular weight excluding hydrogens is 627 g/mol. The fourth-order valence-electron chi connectivity index (χ4n) is 8.36. The van der Waals surface area contributed by atoms with Crippen molar-refractivity contribution >= 4 is 29.5 Å². The first-order chi connectivity index (χ1) is 22.7. The molecule has 2 aliphatic heterocycles. The van der Waals surface area contributed by atoms with Crippen molar-refractivity contribution in [3.05, 3.63) is 127 Å². The molecule has 0 spiro atoms. The first kappa shape index (κ1) is 33.5. The molecule has 246 valence electrons. The van der Waals surface area contributed by atoms with Crippen LogP contribution in [-0.4, -0.2) is 65.6 Å². The van der Waals surface area contributed by atoms with Crippen LogP contribution < -0.4 is 0 Å². The fourth-order valence-corrected chi connectivity index (χ4v) is 8.73. The zero-order valence-corrected chi connectivity index (χ0v) is 28.9. The number of carbonyl (C=O) groups excluding carboxylic acids is 1. The first-order valence-corrected chi connectivity index (χ1v) is 17.5. The summed E-state index contributed by atoms with van der Waals surface area (Å²) in [4.78, 5) is 13.8. The molecule has 5 nitrogen and oxygen atoms in total. The number of nitrogens with zero attached hydrogens (tertiary/aromatic N) is 2. The molecule has 0 amide bonds. The van der Waals surface area contributed by atoms with Crippen LogP contribution in [0.4, 0.5) is 0 Å². The van der Waals surface area contributed by atoms with Crippen LogP contribution >= 0.6 is 23.2 Å². The lowest BCUT2D eigenvalue weighted by molar-refractivity contribution is -0.106. The van der Waals surface area contributed by atoms with E-state index in [9.17, 15) is 10.2 Å². The van der Waals surface area contributed by atoms with Gasteiger partial charge in [-0.2, -0.15) is 0 Å². The summed E-state index contributed by atoms with van der Waals surface area (Å²) < 4.78 is 0. The van der Waals surface area contributed by atoms with Gasteiger partial charge in [0.05, 0.1) is 10.0 Å². The molecule has 0 unspecified atom stereocenters. The van der Waals surface area contributed by atoms with Crippen molar-refractivity contribution in [1.29, 1.82) is 0 Å². The number of likely N-dealkylation sites (N-methyl/N-ethyl adjacent to an activating group) is 2. The summed E-state index contributed by atoms with van der Waals surface area (Å²) in [5.41, 5.74) is 10.8. The van der Waals surface area contributed by atoms with Gasteiger partial charge in [0.15, 0.2) is 0 Å². The smallest absolute Gasteiger partial charge is 0.134 e. The summed E-state index contributed by atoms with van der Waals surface area (Å²) in [6, 6.07) is 26.2. The molecule has 47 heavy (non-hydrogen) atoms. The van der Waals surface area contributed by atoms with Crippen LogP contribution in [-0.2, 0) is 30.5 Å². The number of fused-ring (bicyclic) bond motifs is 10. The second-order valence-electron chi connectivity index (χ2n) is 13.3. The van der Waals surface area contributed by atoms with E-state index >= 15 is 0 Å². The van der Waals surface area contributed by atoms with Gasteiger partial charge in [-0.15, -0.1) is 0 Å². The van der Waals surface area contributed by atoms with Gasteiger partial charge >= 0.3 is 0 Å². The fraction of sp³-hybridized carbons (Fsp3) is 0.375. The van der Waals surface area contributed by atoms with Gasteiger partial charge in [-0.05, 0) is 128 Å². The number of rotatable bonds is 0. The second-order valence-corrected chi connectivity index (χ2v) is 14.1. The van der Waals surface area contributed by atoms with Gasteiger partial charge in [0.2, 0.25) is 0 Å². The van der Waals surface area contributed by atoms with E-state index in [1.54, 1.807) is 0 Å². The van der Waals surface area contributed by atoms with E-state index < -0.39 is 0 Å². The lowest BCUT2D eigenvalue weighted by atomic mass is 9.74. The van der Waals surface area contributed by atoms with Gasteiger partial charge in [0, 0.05) is 37.0 Å². The Kier molecular flexibility index (Phi) is 10.3. The number of benzene rings is 4. The van der Waals surface area contributed by atoms with Crippen LogP contribution in [0.2, 0.25) is 10.0 Å². The highest BCUT2D eigenvalue weighted by Crippen LogP contribution is 2.46. The molecule has 2 N–H and O–H groups in total. The predicted molar refractivity (Wildman–Crippen MR) is 191 cm³/mol. The maximum atomic E-state index is 10.1. The third-order valence-corrected chi connectivity index (χ3v) is 11.3. The summed E-state index contributed by atoms with van der Waals surface area (Å²) in [7, 11) is 4.44. The molecule has 8 rings (SSSR count). The molecule has 4 aromatic carbocycles. The number of phenolic OH excluding ortho intramolecular Hbond substituents is 2. The van der Waals surface area contributed by atoms with Crippen LogP contribution in [0.5, 0.6) is 11.5 Å². The third-order valence-electron chi connectivity index (χ3n) is 10.7. The number of aldehydes is 1. The quantitative estimate of drug-likeness (QED) is 0.185. The summed E-state index contributed by atoms with van der Waals surface area (Å²) in [6.45, 7) is 3.52. The van der Waals surface area contributed by atoms with E-state index in [1.165, 1.54) is 64.3 Å². The number of halogens is 2. The first-order valence-electron chi connectivity index (χ1n) is 16.7. The van der Waals surface area contributed by atoms with Gasteiger partial charge in [0.25, 0.3) is 0 Å². The van der Waals surface area contributed by atoms with Gasteiger partial charge in [-0.25, -0.2) is 0 Å². The largest absolute Gasteiger partial charge is 0.506 e. The Bertz CT molecular complexity index is 1630. The monoisotopic (exact) mass is 670 g/mol. The van der Waals surface area contributed by atoms with Gasteiger partial charge in [-0.3, -0.25) is 0 Å². The Hall–Kier alpha value is -3.35. The maximum Gasteiger partial charge on any atom is 0.134 e. The topological polar surface area (TPSA) is 64.0 Å². The lowest BCUT2D eigenvalue weighted by Crippen LogP contribution is -2.39. The normalized spacial score (nSPS) is 22.8. The van der Waals surface area contributed by atoms with Crippen molar-refractivity contribution in [2.45, 2.75) is 69.4 Å². The lowest BCUT2D eigenvalue weighted by Gasteiger charge is -2.38. The molecule has 0 saturated carbocycles. The van der Waals surface area contributed by atoms with E-state index in [-0.39, 0.29) is 11.5 Å². The van der Waals surface area contributed by atoms with Gasteiger partial charge < -0.3 is 24.8 Å². The van der Waals surface area contributed by atoms with Gasteiger partial charge in [-0.1, -0.05) is 71.7 Å². The van der Waals surface area contributed by atoms with E-state index in [4.69, 9.17) is 28.0 Å². The van der Waals surface area contributed by atoms with Gasteiger partial charge in [0.1, 0.15) is 17.8 Å². The van der Waals surface area contributed by atoms with Crippen molar-refractivity contribution in [2.24, 2.45) is 0 Å². The molecular formula is C40H44Cl2N2O3. The third kappa shape index (κ3) is 6.69. The van der Waals surface area contributed by atoms with E-state index in [1.807, 2.05) is 24.3 Å². The second kappa shape index (κ2) is 14.4. The minimum atomic E-state index is 0.201. The number of carbonyl (C=O) groups is 1. The SMILES string of the molecule is CC=O.CN1CCc2cc(Cl)c(O)cc2[C@H]2c3ccccc3CC[C@@H]21.CN1CCc2cc(Cl)c(O)cc2[C@H]2c3ccccc3CC[C@@H]21. The number of hydrogen-bond acceptors (Lipinski definition) is 5. The Morgan fingerprint density at radius 2 is 1.00 bits per heavy atom.